The molecule has 3 aromatic heterocycles. The van der Waals surface area contributed by atoms with Crippen molar-refractivity contribution in [3.8, 4) is 11.6 Å². The maximum atomic E-state index is 4.69. The minimum atomic E-state index is 0.172. The van der Waals surface area contributed by atoms with E-state index in [1.165, 1.54) is 0 Å². The molecule has 0 bridgehead atoms. The van der Waals surface area contributed by atoms with Gasteiger partial charge in [0.25, 0.3) is 0 Å². The summed E-state index contributed by atoms with van der Waals surface area (Å²) >= 11 is 0. The van der Waals surface area contributed by atoms with Gasteiger partial charge >= 0.3 is 0 Å². The molecule has 4 rings (SSSR count). The van der Waals surface area contributed by atoms with Crippen molar-refractivity contribution >= 4 is 11.5 Å². The van der Waals surface area contributed by atoms with Crippen LogP contribution in [-0.4, -0.2) is 39.0 Å². The molecule has 1 aliphatic heterocycles. The summed E-state index contributed by atoms with van der Waals surface area (Å²) in [7, 11) is 4.05. The molecular weight excluding hydrogens is 314 g/mol. The van der Waals surface area contributed by atoms with E-state index in [2.05, 4.69) is 42.7 Å². The van der Waals surface area contributed by atoms with Crippen LogP contribution in [-0.2, 0) is 6.54 Å². The number of aromatic nitrogens is 5. The predicted molar refractivity (Wildman–Crippen MR) is 96.2 cm³/mol. The molecule has 1 unspecified atom stereocenters. The van der Waals surface area contributed by atoms with E-state index in [1.807, 2.05) is 32.6 Å². The van der Waals surface area contributed by atoms with Crippen LogP contribution in [0.1, 0.15) is 24.2 Å². The van der Waals surface area contributed by atoms with E-state index >= 15 is 0 Å². The van der Waals surface area contributed by atoms with Gasteiger partial charge in [-0.2, -0.15) is 0 Å². The van der Waals surface area contributed by atoms with E-state index in [-0.39, 0.29) is 6.04 Å². The molecule has 4 heterocycles. The molecule has 3 aromatic rings. The van der Waals surface area contributed by atoms with Crippen molar-refractivity contribution in [2.75, 3.05) is 23.9 Å². The summed E-state index contributed by atoms with van der Waals surface area (Å²) < 4.78 is 0. The van der Waals surface area contributed by atoms with Crippen LogP contribution in [0.4, 0.5) is 11.5 Å². The van der Waals surface area contributed by atoms with Crippen LogP contribution < -0.4 is 9.80 Å². The van der Waals surface area contributed by atoms with Crippen LogP contribution >= 0.6 is 0 Å². The molecule has 0 fully saturated rings. The van der Waals surface area contributed by atoms with Gasteiger partial charge in [-0.3, -0.25) is 0 Å². The molecule has 0 saturated heterocycles. The highest BCUT2D eigenvalue weighted by Crippen LogP contribution is 2.36. The number of anilines is 2. The van der Waals surface area contributed by atoms with Crippen molar-refractivity contribution in [1.29, 1.82) is 0 Å². The molecule has 0 amide bonds. The first-order chi connectivity index (χ1) is 12.1. The van der Waals surface area contributed by atoms with Gasteiger partial charge in [-0.15, -0.1) is 0 Å². The average molecular weight is 333 g/mol. The molecule has 7 heteroatoms. The van der Waals surface area contributed by atoms with Crippen molar-refractivity contribution in [2.45, 2.75) is 19.5 Å². The van der Waals surface area contributed by atoms with Crippen LogP contribution in [0.15, 0.2) is 43.0 Å². The fourth-order valence-corrected chi connectivity index (χ4v) is 3.01. The summed E-state index contributed by atoms with van der Waals surface area (Å²) in [5.74, 6) is 2.04. The SMILES string of the molecule is CC1c2cnc(-c3ncccn3)nc2CN1c1cc(N(C)C)ccn1. The number of rotatable bonds is 3. The summed E-state index contributed by atoms with van der Waals surface area (Å²) in [6.07, 6.45) is 7.12. The molecule has 1 atom stereocenters. The van der Waals surface area contributed by atoms with E-state index in [4.69, 9.17) is 4.98 Å². The maximum Gasteiger partial charge on any atom is 0.198 e. The van der Waals surface area contributed by atoms with E-state index in [0.717, 1.165) is 22.8 Å². The van der Waals surface area contributed by atoms with Crippen molar-refractivity contribution in [2.24, 2.45) is 0 Å². The first kappa shape index (κ1) is 15.4. The van der Waals surface area contributed by atoms with Gasteiger partial charge in [0.2, 0.25) is 0 Å². The third kappa shape index (κ3) is 2.77. The molecule has 0 spiro atoms. The zero-order chi connectivity index (χ0) is 17.4. The number of hydrogen-bond acceptors (Lipinski definition) is 7. The van der Waals surface area contributed by atoms with E-state index < -0.39 is 0 Å². The summed E-state index contributed by atoms with van der Waals surface area (Å²) in [5.41, 5.74) is 3.25. The predicted octanol–water partition coefficient (Wildman–Crippen LogP) is 2.48. The molecule has 0 N–H and O–H groups in total. The third-order valence-electron chi connectivity index (χ3n) is 4.44. The van der Waals surface area contributed by atoms with Crippen molar-refractivity contribution < 1.29 is 0 Å². The lowest BCUT2D eigenvalue weighted by Gasteiger charge is -2.24. The highest BCUT2D eigenvalue weighted by molar-refractivity contribution is 5.57. The molecular formula is C18H19N7. The maximum absolute atomic E-state index is 4.69. The second-order valence-corrected chi connectivity index (χ2v) is 6.24. The zero-order valence-electron chi connectivity index (χ0n) is 14.5. The fraction of sp³-hybridized carbons (Fsp3) is 0.278. The van der Waals surface area contributed by atoms with Crippen LogP contribution in [0.2, 0.25) is 0 Å². The second-order valence-electron chi connectivity index (χ2n) is 6.24. The smallest absolute Gasteiger partial charge is 0.198 e. The normalized spacial score (nSPS) is 16.0. The van der Waals surface area contributed by atoms with E-state index in [0.29, 0.717) is 18.2 Å². The molecule has 0 radical (unpaired) electrons. The summed E-state index contributed by atoms with van der Waals surface area (Å²) in [5, 5.41) is 0. The standard InChI is InChI=1S/C18H19N7/c1-12-14-10-22-18(17-20-6-4-7-21-17)23-15(14)11-25(12)16-9-13(24(2)3)5-8-19-16/h4-10,12H,11H2,1-3H3. The Morgan fingerprint density at radius 3 is 2.60 bits per heavy atom. The largest absolute Gasteiger partial charge is 0.378 e. The first-order valence-corrected chi connectivity index (χ1v) is 8.16. The Balaban J connectivity index is 1.67. The molecule has 1 aliphatic rings. The van der Waals surface area contributed by atoms with E-state index in [1.54, 1.807) is 18.5 Å². The van der Waals surface area contributed by atoms with Crippen LogP contribution in [0, 0.1) is 0 Å². The quantitative estimate of drug-likeness (QED) is 0.729. The molecule has 25 heavy (non-hydrogen) atoms. The number of fused-ring (bicyclic) bond motifs is 1. The molecule has 7 nitrogen and oxygen atoms in total. The number of nitrogens with zero attached hydrogens (tertiary/aromatic N) is 7. The Morgan fingerprint density at radius 1 is 1.04 bits per heavy atom. The highest BCUT2D eigenvalue weighted by atomic mass is 15.2. The van der Waals surface area contributed by atoms with Crippen molar-refractivity contribution in [1.82, 2.24) is 24.9 Å². The van der Waals surface area contributed by atoms with Gasteiger partial charge in [0.05, 0.1) is 18.3 Å². The molecule has 0 aliphatic carbocycles. The molecule has 126 valence electrons. The Kier molecular flexibility index (Phi) is 3.76. The average Bonchev–Trinajstić information content (AvgIpc) is 2.99. The lowest BCUT2D eigenvalue weighted by molar-refractivity contribution is 0.718. The van der Waals surface area contributed by atoms with Crippen molar-refractivity contribution in [3.05, 3.63) is 54.2 Å². The second kappa shape index (κ2) is 6.08. The van der Waals surface area contributed by atoms with Gasteiger partial charge in [-0.1, -0.05) is 0 Å². The number of hydrogen-bond donors (Lipinski definition) is 0. The Labute approximate surface area is 146 Å². The monoisotopic (exact) mass is 333 g/mol. The first-order valence-electron chi connectivity index (χ1n) is 8.16. The van der Waals surface area contributed by atoms with Gasteiger partial charge in [0.15, 0.2) is 11.6 Å². The lowest BCUT2D eigenvalue weighted by atomic mass is 10.1. The zero-order valence-corrected chi connectivity index (χ0v) is 14.5. The van der Waals surface area contributed by atoms with E-state index in [9.17, 15) is 0 Å². The Bertz CT molecular complexity index is 895. The Morgan fingerprint density at radius 2 is 1.84 bits per heavy atom. The fourth-order valence-electron chi connectivity index (χ4n) is 3.01. The third-order valence-corrected chi connectivity index (χ3v) is 4.44. The highest BCUT2D eigenvalue weighted by Gasteiger charge is 2.30. The summed E-state index contributed by atoms with van der Waals surface area (Å²) in [6.45, 7) is 2.85. The van der Waals surface area contributed by atoms with Gasteiger partial charge < -0.3 is 9.80 Å². The van der Waals surface area contributed by atoms with Crippen LogP contribution in [0.5, 0.6) is 0 Å². The topological polar surface area (TPSA) is 70.9 Å². The Hall–Kier alpha value is -3.09. The van der Waals surface area contributed by atoms with Gasteiger partial charge in [-0.05, 0) is 19.1 Å². The van der Waals surface area contributed by atoms with Gasteiger partial charge in [0.1, 0.15) is 5.82 Å². The van der Waals surface area contributed by atoms with Gasteiger partial charge in [-0.25, -0.2) is 24.9 Å². The summed E-state index contributed by atoms with van der Waals surface area (Å²) in [6, 6.07) is 6.05. The summed E-state index contributed by atoms with van der Waals surface area (Å²) in [4.78, 5) is 26.5. The van der Waals surface area contributed by atoms with Crippen LogP contribution in [0.25, 0.3) is 11.6 Å². The van der Waals surface area contributed by atoms with Crippen molar-refractivity contribution in [3.63, 3.8) is 0 Å². The lowest BCUT2D eigenvalue weighted by Crippen LogP contribution is -2.20. The minimum absolute atomic E-state index is 0.172. The van der Waals surface area contributed by atoms with Gasteiger partial charge in [0, 0.05) is 56.2 Å². The molecule has 0 aromatic carbocycles. The molecule has 0 saturated carbocycles. The number of pyridine rings is 1. The minimum Gasteiger partial charge on any atom is -0.378 e. The van der Waals surface area contributed by atoms with Crippen LogP contribution in [0.3, 0.4) is 0 Å².